The first-order valence-corrected chi connectivity index (χ1v) is 7.60. The summed E-state index contributed by atoms with van der Waals surface area (Å²) in [6, 6.07) is 6.35. The average Bonchev–Trinajstić information content (AvgIpc) is 2.51. The molecule has 6 nitrogen and oxygen atoms in total. The summed E-state index contributed by atoms with van der Waals surface area (Å²) in [6.07, 6.45) is 0. The Hall–Kier alpha value is -2.34. The van der Waals surface area contributed by atoms with E-state index in [0.29, 0.717) is 29.0 Å². The van der Waals surface area contributed by atoms with Crippen molar-refractivity contribution in [3.8, 4) is 5.75 Å². The summed E-state index contributed by atoms with van der Waals surface area (Å²) >= 11 is 5.61. The Kier molecular flexibility index (Phi) is 5.39. The van der Waals surface area contributed by atoms with Crippen molar-refractivity contribution in [3.63, 3.8) is 0 Å². The van der Waals surface area contributed by atoms with Crippen molar-refractivity contribution in [2.75, 3.05) is 19.1 Å². The first-order chi connectivity index (χ1) is 11.0. The minimum Gasteiger partial charge on any atom is -0.492 e. The van der Waals surface area contributed by atoms with Gasteiger partial charge in [0.2, 0.25) is 0 Å². The number of hydrogen-bond acceptors (Lipinski definition) is 5. The van der Waals surface area contributed by atoms with Gasteiger partial charge < -0.3 is 9.47 Å². The lowest BCUT2D eigenvalue weighted by Crippen LogP contribution is -2.08. The number of esters is 1. The standard InChI is InChI=1S/C16H16ClNO5/c1-3-22-16(19)13-7-11-6-10(2)15(23-5-4-17)9-12(11)8-14(13)18(20)21/h6-9H,3-5H2,1-2H3. The third kappa shape index (κ3) is 3.71. The van der Waals surface area contributed by atoms with Crippen LogP contribution in [0.2, 0.25) is 0 Å². The van der Waals surface area contributed by atoms with Gasteiger partial charge in [-0.3, -0.25) is 10.1 Å². The van der Waals surface area contributed by atoms with E-state index in [1.54, 1.807) is 13.0 Å². The van der Waals surface area contributed by atoms with E-state index in [0.717, 1.165) is 5.56 Å². The maximum Gasteiger partial charge on any atom is 0.345 e. The second-order valence-corrected chi connectivity index (χ2v) is 5.23. The molecule has 0 amide bonds. The van der Waals surface area contributed by atoms with E-state index in [2.05, 4.69) is 0 Å². The van der Waals surface area contributed by atoms with Crippen LogP contribution in [0.1, 0.15) is 22.8 Å². The molecule has 2 rings (SSSR count). The van der Waals surface area contributed by atoms with Crippen LogP contribution in [0, 0.1) is 17.0 Å². The molecule has 0 atom stereocenters. The summed E-state index contributed by atoms with van der Waals surface area (Å²) < 4.78 is 10.4. The molecule has 0 radical (unpaired) electrons. The summed E-state index contributed by atoms with van der Waals surface area (Å²) in [7, 11) is 0. The van der Waals surface area contributed by atoms with E-state index in [4.69, 9.17) is 21.1 Å². The highest BCUT2D eigenvalue weighted by atomic mass is 35.5. The number of carbonyl (C=O) groups is 1. The fourth-order valence-corrected chi connectivity index (χ4v) is 2.34. The summed E-state index contributed by atoms with van der Waals surface area (Å²) in [5, 5.41) is 12.6. The van der Waals surface area contributed by atoms with E-state index in [-0.39, 0.29) is 17.9 Å². The van der Waals surface area contributed by atoms with Gasteiger partial charge in [0.05, 0.1) is 17.4 Å². The molecule has 2 aromatic carbocycles. The number of benzene rings is 2. The zero-order valence-corrected chi connectivity index (χ0v) is 13.6. The molecule has 0 saturated heterocycles. The van der Waals surface area contributed by atoms with Crippen LogP contribution < -0.4 is 4.74 Å². The number of aryl methyl sites for hydroxylation is 1. The molecule has 0 aliphatic rings. The maximum absolute atomic E-state index is 11.9. The van der Waals surface area contributed by atoms with Crippen LogP contribution in [0.4, 0.5) is 5.69 Å². The number of nitro benzene ring substituents is 1. The smallest absolute Gasteiger partial charge is 0.345 e. The van der Waals surface area contributed by atoms with Gasteiger partial charge in [0, 0.05) is 6.07 Å². The van der Waals surface area contributed by atoms with Crippen LogP contribution >= 0.6 is 11.6 Å². The van der Waals surface area contributed by atoms with Crippen molar-refractivity contribution < 1.29 is 19.2 Å². The number of halogens is 1. The fourth-order valence-electron chi connectivity index (χ4n) is 2.26. The maximum atomic E-state index is 11.9. The van der Waals surface area contributed by atoms with Gasteiger partial charge in [0.25, 0.3) is 5.69 Å². The number of carbonyl (C=O) groups excluding carboxylic acids is 1. The Bertz CT molecular complexity index is 760. The van der Waals surface area contributed by atoms with Gasteiger partial charge >= 0.3 is 5.97 Å². The lowest BCUT2D eigenvalue weighted by molar-refractivity contribution is -0.385. The van der Waals surface area contributed by atoms with E-state index in [1.165, 1.54) is 12.1 Å². The molecule has 122 valence electrons. The van der Waals surface area contributed by atoms with E-state index >= 15 is 0 Å². The molecule has 0 saturated carbocycles. The number of fused-ring (bicyclic) bond motifs is 1. The summed E-state index contributed by atoms with van der Waals surface area (Å²) in [5.74, 6) is 0.247. The van der Waals surface area contributed by atoms with Gasteiger partial charge in [0.15, 0.2) is 0 Å². The predicted octanol–water partition coefficient (Wildman–Crippen LogP) is 3.85. The zero-order valence-electron chi connectivity index (χ0n) is 12.8. The fraction of sp³-hybridized carbons (Fsp3) is 0.312. The second-order valence-electron chi connectivity index (χ2n) is 4.85. The molecule has 2 aromatic rings. The van der Waals surface area contributed by atoms with Gasteiger partial charge in [-0.2, -0.15) is 0 Å². The molecule has 0 aliphatic carbocycles. The lowest BCUT2D eigenvalue weighted by Gasteiger charge is -2.11. The molecule has 0 aliphatic heterocycles. The van der Waals surface area contributed by atoms with Gasteiger partial charge in [-0.25, -0.2) is 4.79 Å². The molecular formula is C16H16ClNO5. The summed E-state index contributed by atoms with van der Waals surface area (Å²) in [5.41, 5.74) is 0.507. The highest BCUT2D eigenvalue weighted by Gasteiger charge is 2.22. The van der Waals surface area contributed by atoms with Crippen LogP contribution in [-0.4, -0.2) is 30.0 Å². The molecule has 7 heteroatoms. The van der Waals surface area contributed by atoms with Crippen LogP contribution in [0.25, 0.3) is 10.8 Å². The number of ether oxygens (including phenoxy) is 2. The molecule has 0 unspecified atom stereocenters. The van der Waals surface area contributed by atoms with E-state index < -0.39 is 10.9 Å². The van der Waals surface area contributed by atoms with E-state index in [9.17, 15) is 14.9 Å². The predicted molar refractivity (Wildman–Crippen MR) is 87.5 cm³/mol. The van der Waals surface area contributed by atoms with Gasteiger partial charge in [-0.15, -0.1) is 11.6 Å². The topological polar surface area (TPSA) is 78.7 Å². The molecule has 23 heavy (non-hydrogen) atoms. The van der Waals surface area contributed by atoms with Crippen molar-refractivity contribution in [1.29, 1.82) is 0 Å². The first kappa shape index (κ1) is 17.0. The highest BCUT2D eigenvalue weighted by molar-refractivity contribution is 6.18. The Morgan fingerprint density at radius 2 is 1.96 bits per heavy atom. The number of alkyl halides is 1. The van der Waals surface area contributed by atoms with Crippen LogP contribution in [-0.2, 0) is 4.74 Å². The number of rotatable bonds is 6. The molecule has 0 bridgehead atoms. The molecule has 0 spiro atoms. The lowest BCUT2D eigenvalue weighted by atomic mass is 10.0. The summed E-state index contributed by atoms with van der Waals surface area (Å²) in [6.45, 7) is 4.00. The van der Waals surface area contributed by atoms with Crippen molar-refractivity contribution >= 4 is 34.0 Å². The molecule has 0 heterocycles. The zero-order chi connectivity index (χ0) is 17.0. The van der Waals surface area contributed by atoms with Gasteiger partial charge in [-0.05, 0) is 48.4 Å². The normalized spacial score (nSPS) is 10.6. The van der Waals surface area contributed by atoms with Crippen molar-refractivity contribution in [2.24, 2.45) is 0 Å². The number of hydrogen-bond donors (Lipinski definition) is 0. The minimum absolute atomic E-state index is 0.0572. The highest BCUT2D eigenvalue weighted by Crippen LogP contribution is 2.31. The minimum atomic E-state index is -0.707. The number of nitro groups is 1. The Morgan fingerprint density at radius 1 is 1.26 bits per heavy atom. The van der Waals surface area contributed by atoms with Gasteiger partial charge in [-0.1, -0.05) is 0 Å². The number of nitrogens with zero attached hydrogens (tertiary/aromatic N) is 1. The van der Waals surface area contributed by atoms with Crippen molar-refractivity contribution in [1.82, 2.24) is 0 Å². The van der Waals surface area contributed by atoms with Crippen molar-refractivity contribution in [3.05, 3.63) is 45.5 Å². The molecular weight excluding hydrogens is 322 g/mol. The average molecular weight is 338 g/mol. The SMILES string of the molecule is CCOC(=O)c1cc2cc(C)c(OCCCl)cc2cc1[N+](=O)[O-]. The first-order valence-electron chi connectivity index (χ1n) is 7.06. The van der Waals surface area contributed by atoms with Crippen LogP contribution in [0.3, 0.4) is 0 Å². The van der Waals surface area contributed by atoms with Crippen LogP contribution in [0.5, 0.6) is 5.75 Å². The molecule has 0 N–H and O–H groups in total. The molecule has 0 aromatic heterocycles. The third-order valence-electron chi connectivity index (χ3n) is 3.28. The monoisotopic (exact) mass is 337 g/mol. The largest absolute Gasteiger partial charge is 0.492 e. The molecule has 0 fully saturated rings. The summed E-state index contributed by atoms with van der Waals surface area (Å²) in [4.78, 5) is 22.6. The van der Waals surface area contributed by atoms with Crippen LogP contribution in [0.15, 0.2) is 24.3 Å². The second kappa shape index (κ2) is 7.28. The Balaban J connectivity index is 2.59. The quantitative estimate of drug-likeness (QED) is 0.346. The Labute approximate surface area is 138 Å². The van der Waals surface area contributed by atoms with E-state index in [1.807, 2.05) is 13.0 Å². The van der Waals surface area contributed by atoms with Gasteiger partial charge in [0.1, 0.15) is 17.9 Å². The van der Waals surface area contributed by atoms with Crippen molar-refractivity contribution in [2.45, 2.75) is 13.8 Å². The third-order valence-corrected chi connectivity index (χ3v) is 3.43. The Morgan fingerprint density at radius 3 is 2.57 bits per heavy atom.